The second-order valence-corrected chi connectivity index (χ2v) is 6.22. The van der Waals surface area contributed by atoms with Gasteiger partial charge in [-0.15, -0.1) is 0 Å². The van der Waals surface area contributed by atoms with Gasteiger partial charge in [0.15, 0.2) is 11.6 Å². The molecule has 0 aliphatic heterocycles. The van der Waals surface area contributed by atoms with Gasteiger partial charge in [-0.2, -0.15) is 0 Å². The molecule has 1 aromatic carbocycles. The van der Waals surface area contributed by atoms with Crippen LogP contribution in [0, 0.1) is 11.6 Å². The van der Waals surface area contributed by atoms with E-state index in [1.807, 2.05) is 33.8 Å². The maximum atomic E-state index is 13.5. The molecule has 0 radical (unpaired) electrons. The van der Waals surface area contributed by atoms with E-state index in [9.17, 15) is 13.6 Å². The number of carbonyl (C=O) groups excluding carboxylic acids is 1. The van der Waals surface area contributed by atoms with E-state index in [1.165, 1.54) is 12.1 Å². The van der Waals surface area contributed by atoms with Crippen LogP contribution in [0.1, 0.15) is 52.5 Å². The van der Waals surface area contributed by atoms with E-state index in [0.717, 1.165) is 12.5 Å². The normalized spacial score (nSPS) is 12.4. The Morgan fingerprint density at radius 1 is 1.27 bits per heavy atom. The van der Waals surface area contributed by atoms with E-state index in [1.54, 1.807) is 0 Å². The summed E-state index contributed by atoms with van der Waals surface area (Å²) in [5, 5.41) is 0. The monoisotopic (exact) mass is 310 g/mol. The largest absolute Gasteiger partial charge is 0.492 e. The molecule has 0 saturated carbocycles. The van der Waals surface area contributed by atoms with Crippen molar-refractivity contribution in [2.45, 2.75) is 59.0 Å². The molecule has 0 bridgehead atoms. The van der Waals surface area contributed by atoms with Crippen molar-refractivity contribution in [1.29, 1.82) is 0 Å². The third-order valence-electron chi connectivity index (χ3n) is 2.95. The Morgan fingerprint density at radius 2 is 1.95 bits per heavy atom. The molecule has 0 aromatic heterocycles. The second-order valence-electron chi connectivity index (χ2n) is 6.22. The van der Waals surface area contributed by atoms with Gasteiger partial charge >= 0.3 is 0 Å². The number of hydrogen-bond acceptors (Lipinski definition) is 2. The van der Waals surface area contributed by atoms with Crippen molar-refractivity contribution in [2.75, 3.05) is 0 Å². The molecule has 122 valence electrons. The number of hydrogen-bond donors (Lipinski definition) is 0. The SMILES string of the molecule is CC/C=C(\CC(=O)CCc1cccc(F)c1F)OC(C)(C)C. The Hall–Kier alpha value is -1.71. The van der Waals surface area contributed by atoms with E-state index in [4.69, 9.17) is 4.74 Å². The molecule has 0 fully saturated rings. The van der Waals surface area contributed by atoms with Gasteiger partial charge in [0.2, 0.25) is 0 Å². The maximum Gasteiger partial charge on any atom is 0.162 e. The van der Waals surface area contributed by atoms with E-state index in [-0.39, 0.29) is 36.2 Å². The first-order chi connectivity index (χ1) is 10.2. The average Bonchev–Trinajstić information content (AvgIpc) is 2.39. The first kappa shape index (κ1) is 18.3. The minimum Gasteiger partial charge on any atom is -0.492 e. The van der Waals surface area contributed by atoms with Crippen molar-refractivity contribution in [2.24, 2.45) is 0 Å². The molecule has 1 rings (SSSR count). The van der Waals surface area contributed by atoms with Crippen molar-refractivity contribution < 1.29 is 18.3 Å². The lowest BCUT2D eigenvalue weighted by molar-refractivity contribution is -0.119. The van der Waals surface area contributed by atoms with Crippen LogP contribution in [0.2, 0.25) is 0 Å². The standard InChI is InChI=1S/C18H24F2O2/c1-5-7-15(22-18(2,3)4)12-14(21)11-10-13-8-6-9-16(19)17(13)20/h6-9H,5,10-12H2,1-4H3/b15-7+. The van der Waals surface area contributed by atoms with Crippen LogP contribution >= 0.6 is 0 Å². The summed E-state index contributed by atoms with van der Waals surface area (Å²) in [6, 6.07) is 4.02. The van der Waals surface area contributed by atoms with Gasteiger partial charge in [-0.25, -0.2) is 8.78 Å². The molecule has 2 nitrogen and oxygen atoms in total. The van der Waals surface area contributed by atoms with Crippen molar-refractivity contribution in [1.82, 2.24) is 0 Å². The van der Waals surface area contributed by atoms with Crippen molar-refractivity contribution >= 4 is 5.78 Å². The van der Waals surface area contributed by atoms with Crippen LogP contribution in [0.4, 0.5) is 8.78 Å². The lowest BCUT2D eigenvalue weighted by Crippen LogP contribution is -2.20. The molecule has 0 amide bonds. The Balaban J connectivity index is 2.61. The molecular formula is C18H24F2O2. The number of rotatable bonds is 7. The number of Topliss-reactive ketones (excluding diaryl/α,β-unsaturated/α-hetero) is 1. The third kappa shape index (κ3) is 6.37. The average molecular weight is 310 g/mol. The Bertz CT molecular complexity index is 543. The first-order valence-corrected chi connectivity index (χ1v) is 7.55. The number of ketones is 1. The first-order valence-electron chi connectivity index (χ1n) is 7.55. The van der Waals surface area contributed by atoms with Crippen molar-refractivity contribution in [3.8, 4) is 0 Å². The van der Waals surface area contributed by atoms with Gasteiger partial charge in [0.25, 0.3) is 0 Å². The Morgan fingerprint density at radius 3 is 2.55 bits per heavy atom. The zero-order chi connectivity index (χ0) is 16.8. The fraction of sp³-hybridized carbons (Fsp3) is 0.500. The zero-order valence-electron chi connectivity index (χ0n) is 13.7. The molecule has 0 N–H and O–H groups in total. The highest BCUT2D eigenvalue weighted by molar-refractivity contribution is 5.80. The van der Waals surface area contributed by atoms with Gasteiger partial charge in [0.05, 0.1) is 6.42 Å². The van der Waals surface area contributed by atoms with Crippen LogP contribution < -0.4 is 0 Å². The molecule has 1 aromatic rings. The van der Waals surface area contributed by atoms with Crippen LogP contribution in [0.5, 0.6) is 0 Å². The second kappa shape index (κ2) is 8.06. The molecular weight excluding hydrogens is 286 g/mol. The molecule has 0 aliphatic carbocycles. The van der Waals surface area contributed by atoms with Crippen LogP contribution in [0.3, 0.4) is 0 Å². The summed E-state index contributed by atoms with van der Waals surface area (Å²) < 4.78 is 32.4. The number of aryl methyl sites for hydroxylation is 1. The summed E-state index contributed by atoms with van der Waals surface area (Å²) in [7, 11) is 0. The molecule has 4 heteroatoms. The van der Waals surface area contributed by atoms with Gasteiger partial charge in [0.1, 0.15) is 17.1 Å². The fourth-order valence-corrected chi connectivity index (χ4v) is 2.07. The molecule has 0 heterocycles. The molecule has 22 heavy (non-hydrogen) atoms. The quantitative estimate of drug-likeness (QED) is 0.665. The zero-order valence-corrected chi connectivity index (χ0v) is 13.7. The summed E-state index contributed by atoms with van der Waals surface area (Å²) in [5.41, 5.74) is -0.137. The van der Waals surface area contributed by atoms with Crippen LogP contribution in [-0.4, -0.2) is 11.4 Å². The number of ether oxygens (including phenoxy) is 1. The van der Waals surface area contributed by atoms with Gasteiger partial charge < -0.3 is 4.74 Å². The summed E-state index contributed by atoms with van der Waals surface area (Å²) in [6.45, 7) is 7.73. The third-order valence-corrected chi connectivity index (χ3v) is 2.95. The fourth-order valence-electron chi connectivity index (χ4n) is 2.07. The molecule has 0 aliphatic rings. The predicted molar refractivity (Wildman–Crippen MR) is 83.5 cm³/mol. The number of allylic oxidation sites excluding steroid dienone is 2. The smallest absolute Gasteiger partial charge is 0.162 e. The van der Waals surface area contributed by atoms with Crippen LogP contribution in [-0.2, 0) is 16.0 Å². The molecule has 0 spiro atoms. The minimum atomic E-state index is -0.882. The summed E-state index contributed by atoms with van der Waals surface area (Å²) >= 11 is 0. The number of carbonyl (C=O) groups is 1. The topological polar surface area (TPSA) is 26.3 Å². The molecule has 0 atom stereocenters. The highest BCUT2D eigenvalue weighted by Gasteiger charge is 2.16. The number of benzene rings is 1. The van der Waals surface area contributed by atoms with Crippen molar-refractivity contribution in [3.63, 3.8) is 0 Å². The Kier molecular flexibility index (Phi) is 6.72. The van der Waals surface area contributed by atoms with Crippen LogP contribution in [0.15, 0.2) is 30.0 Å². The summed E-state index contributed by atoms with van der Waals surface area (Å²) in [4.78, 5) is 12.0. The van der Waals surface area contributed by atoms with Crippen LogP contribution in [0.25, 0.3) is 0 Å². The van der Waals surface area contributed by atoms with Gasteiger partial charge in [-0.1, -0.05) is 19.1 Å². The van der Waals surface area contributed by atoms with E-state index >= 15 is 0 Å². The predicted octanol–water partition coefficient (Wildman–Crippen LogP) is 4.97. The summed E-state index contributed by atoms with van der Waals surface area (Å²) in [5.74, 6) is -1.16. The van der Waals surface area contributed by atoms with Gasteiger partial charge in [-0.3, -0.25) is 4.79 Å². The maximum absolute atomic E-state index is 13.5. The lowest BCUT2D eigenvalue weighted by Gasteiger charge is -2.23. The van der Waals surface area contributed by atoms with Gasteiger partial charge in [0, 0.05) is 6.42 Å². The highest BCUT2D eigenvalue weighted by atomic mass is 19.2. The van der Waals surface area contributed by atoms with Crippen molar-refractivity contribution in [3.05, 3.63) is 47.2 Å². The minimum absolute atomic E-state index is 0.0485. The molecule has 0 saturated heterocycles. The Labute approximate surface area is 131 Å². The van der Waals surface area contributed by atoms with E-state index in [2.05, 4.69) is 0 Å². The molecule has 0 unspecified atom stereocenters. The van der Waals surface area contributed by atoms with E-state index < -0.39 is 11.6 Å². The highest BCUT2D eigenvalue weighted by Crippen LogP contribution is 2.19. The van der Waals surface area contributed by atoms with E-state index in [0.29, 0.717) is 5.76 Å². The summed E-state index contributed by atoms with van der Waals surface area (Å²) in [6.07, 6.45) is 3.19. The lowest BCUT2D eigenvalue weighted by atomic mass is 10.0. The number of halogens is 2. The van der Waals surface area contributed by atoms with Gasteiger partial charge in [-0.05, 0) is 51.3 Å².